The number of rotatable bonds is 2. The summed E-state index contributed by atoms with van der Waals surface area (Å²) in [5.74, 6) is -0.535. The predicted molar refractivity (Wildman–Crippen MR) is 54.7 cm³/mol. The normalized spacial score (nSPS) is 12.1. The first-order chi connectivity index (χ1) is 6.97. The van der Waals surface area contributed by atoms with Gasteiger partial charge in [-0.1, -0.05) is 18.2 Å². The van der Waals surface area contributed by atoms with Crippen LogP contribution in [0.4, 0.5) is 3.89 Å². The van der Waals surface area contributed by atoms with Gasteiger partial charge < -0.3 is 4.42 Å². The summed E-state index contributed by atoms with van der Waals surface area (Å²) >= 11 is 0. The zero-order valence-corrected chi connectivity index (χ0v) is 8.84. The largest absolute Gasteiger partial charge is 0.460 e. The highest BCUT2D eigenvalue weighted by molar-refractivity contribution is 7.85. The van der Waals surface area contributed by atoms with E-state index in [1.165, 1.54) is 0 Å². The molecular formula is C10H9FO3S. The number of fused-ring (bicyclic) bond motifs is 1. The number of furan rings is 1. The van der Waals surface area contributed by atoms with Gasteiger partial charge in [0.15, 0.2) is 0 Å². The summed E-state index contributed by atoms with van der Waals surface area (Å²) in [6.07, 6.45) is 0. The van der Waals surface area contributed by atoms with Crippen LogP contribution < -0.4 is 0 Å². The number of hydrogen-bond acceptors (Lipinski definition) is 3. The Morgan fingerprint density at radius 2 is 2.00 bits per heavy atom. The third kappa shape index (κ3) is 2.02. The van der Waals surface area contributed by atoms with E-state index < -0.39 is 16.0 Å². The van der Waals surface area contributed by atoms with Crippen molar-refractivity contribution in [1.82, 2.24) is 0 Å². The monoisotopic (exact) mass is 228 g/mol. The van der Waals surface area contributed by atoms with Crippen molar-refractivity contribution in [3.05, 3.63) is 35.6 Å². The highest BCUT2D eigenvalue weighted by Gasteiger charge is 2.17. The Kier molecular flexibility index (Phi) is 2.26. The molecule has 0 aliphatic rings. The molecule has 0 amide bonds. The molecule has 0 saturated heterocycles. The molecule has 5 heteroatoms. The molecule has 80 valence electrons. The number of aryl methyl sites for hydroxylation is 1. The van der Waals surface area contributed by atoms with Crippen molar-refractivity contribution in [2.45, 2.75) is 12.7 Å². The summed E-state index contributed by atoms with van der Waals surface area (Å²) in [6.45, 7) is 1.71. The van der Waals surface area contributed by atoms with Crippen LogP contribution in [-0.2, 0) is 16.0 Å². The molecule has 1 aromatic carbocycles. The van der Waals surface area contributed by atoms with E-state index in [4.69, 9.17) is 4.42 Å². The summed E-state index contributed by atoms with van der Waals surface area (Å²) in [6, 6.07) is 7.12. The number of benzene rings is 1. The van der Waals surface area contributed by atoms with Crippen LogP contribution in [0.5, 0.6) is 0 Å². The van der Waals surface area contributed by atoms with E-state index in [2.05, 4.69) is 0 Å². The number of para-hydroxylation sites is 1. The molecule has 0 N–H and O–H groups in total. The fourth-order valence-electron chi connectivity index (χ4n) is 1.52. The second-order valence-electron chi connectivity index (χ2n) is 3.33. The van der Waals surface area contributed by atoms with E-state index in [1.54, 1.807) is 19.1 Å². The van der Waals surface area contributed by atoms with Gasteiger partial charge in [-0.05, 0) is 18.6 Å². The van der Waals surface area contributed by atoms with Gasteiger partial charge >= 0.3 is 10.2 Å². The van der Waals surface area contributed by atoms with Crippen molar-refractivity contribution in [2.24, 2.45) is 0 Å². The molecule has 0 aliphatic heterocycles. The third-order valence-corrected chi connectivity index (χ3v) is 2.85. The van der Waals surface area contributed by atoms with Gasteiger partial charge in [0, 0.05) is 5.39 Å². The molecule has 2 rings (SSSR count). The van der Waals surface area contributed by atoms with Gasteiger partial charge in [-0.25, -0.2) is 0 Å². The summed E-state index contributed by atoms with van der Waals surface area (Å²) in [7, 11) is -4.54. The van der Waals surface area contributed by atoms with Crippen molar-refractivity contribution in [1.29, 1.82) is 0 Å². The molecular weight excluding hydrogens is 219 g/mol. The van der Waals surface area contributed by atoms with Gasteiger partial charge in [0.05, 0.1) is 0 Å². The van der Waals surface area contributed by atoms with Crippen LogP contribution in [0.1, 0.15) is 11.3 Å². The highest BCUT2D eigenvalue weighted by atomic mass is 32.3. The second-order valence-corrected chi connectivity index (χ2v) is 4.70. The molecule has 1 aromatic heterocycles. The SMILES string of the molecule is Cc1c(CS(=O)(=O)F)oc2ccccc12. The Labute approximate surface area is 86.7 Å². The molecule has 0 saturated carbocycles. The van der Waals surface area contributed by atoms with Crippen molar-refractivity contribution < 1.29 is 16.7 Å². The molecule has 3 nitrogen and oxygen atoms in total. The average molecular weight is 228 g/mol. The van der Waals surface area contributed by atoms with Gasteiger partial charge in [-0.3, -0.25) is 0 Å². The zero-order valence-electron chi connectivity index (χ0n) is 8.03. The Morgan fingerprint density at radius 1 is 1.33 bits per heavy atom. The van der Waals surface area contributed by atoms with Crippen LogP contribution in [0, 0.1) is 6.92 Å². The van der Waals surface area contributed by atoms with Crippen molar-refractivity contribution in [3.8, 4) is 0 Å². The lowest BCUT2D eigenvalue weighted by Gasteiger charge is -1.92. The second kappa shape index (κ2) is 3.34. The van der Waals surface area contributed by atoms with Crippen LogP contribution in [-0.4, -0.2) is 8.42 Å². The van der Waals surface area contributed by atoms with E-state index in [0.717, 1.165) is 5.39 Å². The first kappa shape index (κ1) is 10.2. The van der Waals surface area contributed by atoms with Crippen LogP contribution >= 0.6 is 0 Å². The molecule has 1 heterocycles. The fraction of sp³-hybridized carbons (Fsp3) is 0.200. The van der Waals surface area contributed by atoms with E-state index in [0.29, 0.717) is 11.1 Å². The van der Waals surface area contributed by atoms with Crippen molar-refractivity contribution in [2.75, 3.05) is 0 Å². The van der Waals surface area contributed by atoms with Crippen LogP contribution in [0.3, 0.4) is 0 Å². The summed E-state index contributed by atoms with van der Waals surface area (Å²) in [4.78, 5) is 0. The minimum atomic E-state index is -4.54. The fourth-order valence-corrected chi connectivity index (χ4v) is 2.11. The van der Waals surface area contributed by atoms with Crippen LogP contribution in [0.2, 0.25) is 0 Å². The van der Waals surface area contributed by atoms with Crippen LogP contribution in [0.25, 0.3) is 11.0 Å². The number of hydrogen-bond donors (Lipinski definition) is 0. The first-order valence-corrected chi connectivity index (χ1v) is 5.92. The molecule has 0 radical (unpaired) electrons. The average Bonchev–Trinajstić information content (AvgIpc) is 2.42. The lowest BCUT2D eigenvalue weighted by Crippen LogP contribution is -1.95. The van der Waals surface area contributed by atoms with E-state index in [-0.39, 0.29) is 5.76 Å². The molecule has 0 unspecified atom stereocenters. The predicted octanol–water partition coefficient (Wildman–Crippen LogP) is 2.54. The zero-order chi connectivity index (χ0) is 11.1. The Balaban J connectivity index is 2.58. The van der Waals surface area contributed by atoms with E-state index in [1.807, 2.05) is 12.1 Å². The maximum Gasteiger partial charge on any atom is 0.309 e. The lowest BCUT2D eigenvalue weighted by atomic mass is 10.2. The van der Waals surface area contributed by atoms with Gasteiger partial charge in [0.25, 0.3) is 0 Å². The maximum atomic E-state index is 12.5. The van der Waals surface area contributed by atoms with Crippen molar-refractivity contribution >= 4 is 21.2 Å². The molecule has 0 fully saturated rings. The molecule has 0 aliphatic carbocycles. The third-order valence-electron chi connectivity index (χ3n) is 2.25. The molecule has 0 atom stereocenters. The van der Waals surface area contributed by atoms with E-state index in [9.17, 15) is 12.3 Å². The summed E-state index contributed by atoms with van der Waals surface area (Å²) in [5, 5.41) is 0.816. The minimum Gasteiger partial charge on any atom is -0.460 e. The molecule has 15 heavy (non-hydrogen) atoms. The van der Waals surface area contributed by atoms with Crippen molar-refractivity contribution in [3.63, 3.8) is 0 Å². The minimum absolute atomic E-state index is 0.165. The number of halogens is 1. The van der Waals surface area contributed by atoms with Gasteiger partial charge in [-0.15, -0.1) is 3.89 Å². The summed E-state index contributed by atoms with van der Waals surface area (Å²) < 4.78 is 38.8. The summed E-state index contributed by atoms with van der Waals surface area (Å²) in [5.41, 5.74) is 1.25. The molecule has 2 aromatic rings. The molecule has 0 bridgehead atoms. The Morgan fingerprint density at radius 3 is 2.60 bits per heavy atom. The topological polar surface area (TPSA) is 47.3 Å². The lowest BCUT2D eigenvalue weighted by molar-refractivity contribution is 0.527. The van der Waals surface area contributed by atoms with Gasteiger partial charge in [0.2, 0.25) is 0 Å². The van der Waals surface area contributed by atoms with Crippen LogP contribution in [0.15, 0.2) is 28.7 Å². The van der Waals surface area contributed by atoms with Gasteiger partial charge in [-0.2, -0.15) is 8.42 Å². The molecule has 0 spiro atoms. The highest BCUT2D eigenvalue weighted by Crippen LogP contribution is 2.26. The Hall–Kier alpha value is -1.36. The quantitative estimate of drug-likeness (QED) is 0.742. The maximum absolute atomic E-state index is 12.5. The van der Waals surface area contributed by atoms with E-state index >= 15 is 0 Å². The standard InChI is InChI=1S/C10H9FO3S/c1-7-8-4-2-3-5-9(8)14-10(7)6-15(11,12)13/h2-5H,6H2,1H3. The first-order valence-electron chi connectivity index (χ1n) is 4.37. The smallest absolute Gasteiger partial charge is 0.309 e. The van der Waals surface area contributed by atoms with Gasteiger partial charge in [0.1, 0.15) is 17.1 Å². The Bertz CT molecular complexity index is 598.